The highest BCUT2D eigenvalue weighted by Crippen LogP contribution is 2.18. The molecular formula is C16H15FN2O2. The minimum Gasteiger partial charge on any atom is -0.469 e. The first-order valence-corrected chi connectivity index (χ1v) is 6.82. The van der Waals surface area contributed by atoms with E-state index in [0.29, 0.717) is 23.1 Å². The minimum absolute atomic E-state index is 0.231. The van der Waals surface area contributed by atoms with Gasteiger partial charge in [0.2, 0.25) is 0 Å². The molecule has 1 amide bonds. The molecule has 1 aromatic carbocycles. The molecule has 3 rings (SSSR count). The van der Waals surface area contributed by atoms with Crippen molar-refractivity contribution in [1.82, 2.24) is 10.3 Å². The number of hydrogen-bond donors (Lipinski definition) is 2. The molecule has 0 aliphatic rings. The topological polar surface area (TPSA) is 58.0 Å². The van der Waals surface area contributed by atoms with Crippen LogP contribution in [0.5, 0.6) is 0 Å². The SMILES string of the molecule is O=C(NCCCc1ccco1)c1cc2cccc(F)c2[nH]1. The first-order chi connectivity index (χ1) is 10.2. The van der Waals surface area contributed by atoms with Crippen LogP contribution < -0.4 is 5.32 Å². The maximum Gasteiger partial charge on any atom is 0.267 e. The number of hydrogen-bond acceptors (Lipinski definition) is 2. The maximum absolute atomic E-state index is 13.6. The second-order valence-corrected chi connectivity index (χ2v) is 4.83. The van der Waals surface area contributed by atoms with Gasteiger partial charge in [0.1, 0.15) is 17.3 Å². The Bertz CT molecular complexity index is 747. The summed E-state index contributed by atoms with van der Waals surface area (Å²) in [6.07, 6.45) is 3.19. The molecule has 0 spiro atoms. The van der Waals surface area contributed by atoms with Crippen LogP contribution in [0.1, 0.15) is 22.7 Å². The average molecular weight is 286 g/mol. The van der Waals surface area contributed by atoms with Gasteiger partial charge in [-0.2, -0.15) is 0 Å². The molecule has 0 aliphatic carbocycles. The van der Waals surface area contributed by atoms with Crippen molar-refractivity contribution in [1.29, 1.82) is 0 Å². The molecule has 0 saturated heterocycles. The fourth-order valence-electron chi connectivity index (χ4n) is 2.26. The van der Waals surface area contributed by atoms with E-state index in [4.69, 9.17) is 4.42 Å². The van der Waals surface area contributed by atoms with Gasteiger partial charge in [-0.25, -0.2) is 4.39 Å². The normalized spacial score (nSPS) is 10.9. The third-order valence-electron chi connectivity index (χ3n) is 3.32. The van der Waals surface area contributed by atoms with Crippen molar-refractivity contribution >= 4 is 16.8 Å². The largest absolute Gasteiger partial charge is 0.469 e. The Balaban J connectivity index is 1.58. The number of nitrogens with one attached hydrogen (secondary N) is 2. The Labute approximate surface area is 121 Å². The molecule has 5 heteroatoms. The Morgan fingerprint density at radius 2 is 2.19 bits per heavy atom. The van der Waals surface area contributed by atoms with E-state index in [-0.39, 0.29) is 11.7 Å². The van der Waals surface area contributed by atoms with Crippen molar-refractivity contribution in [2.45, 2.75) is 12.8 Å². The molecule has 0 fully saturated rings. The van der Waals surface area contributed by atoms with Crippen LogP contribution in [0.4, 0.5) is 4.39 Å². The van der Waals surface area contributed by atoms with Crippen LogP contribution in [0.15, 0.2) is 47.1 Å². The molecule has 0 atom stereocenters. The van der Waals surface area contributed by atoms with Gasteiger partial charge in [-0.15, -0.1) is 0 Å². The summed E-state index contributed by atoms with van der Waals surface area (Å²) in [5.74, 6) is 0.311. The highest BCUT2D eigenvalue weighted by atomic mass is 19.1. The van der Waals surface area contributed by atoms with Gasteiger partial charge in [-0.3, -0.25) is 4.79 Å². The van der Waals surface area contributed by atoms with Crippen LogP contribution in [0.25, 0.3) is 10.9 Å². The standard InChI is InChI=1S/C16H15FN2O2/c17-13-7-1-4-11-10-14(19-15(11)13)16(20)18-8-2-5-12-6-3-9-21-12/h1,3-4,6-7,9-10,19H,2,5,8H2,(H,18,20). The molecule has 0 radical (unpaired) electrons. The van der Waals surface area contributed by atoms with E-state index in [1.54, 1.807) is 24.5 Å². The fourth-order valence-corrected chi connectivity index (χ4v) is 2.26. The van der Waals surface area contributed by atoms with E-state index >= 15 is 0 Å². The van der Waals surface area contributed by atoms with E-state index in [2.05, 4.69) is 10.3 Å². The van der Waals surface area contributed by atoms with Crippen LogP contribution in [0.3, 0.4) is 0 Å². The second kappa shape index (κ2) is 5.83. The van der Waals surface area contributed by atoms with Gasteiger partial charge in [0.15, 0.2) is 0 Å². The summed E-state index contributed by atoms with van der Waals surface area (Å²) in [5.41, 5.74) is 0.728. The zero-order chi connectivity index (χ0) is 14.7. The van der Waals surface area contributed by atoms with Gasteiger partial charge in [-0.1, -0.05) is 12.1 Å². The van der Waals surface area contributed by atoms with Crippen LogP contribution in [0.2, 0.25) is 0 Å². The highest BCUT2D eigenvalue weighted by Gasteiger charge is 2.11. The molecule has 21 heavy (non-hydrogen) atoms. The Morgan fingerprint density at radius 1 is 1.29 bits per heavy atom. The number of aromatic nitrogens is 1. The van der Waals surface area contributed by atoms with Crippen LogP contribution >= 0.6 is 0 Å². The molecule has 4 nitrogen and oxygen atoms in total. The number of carbonyl (C=O) groups is 1. The lowest BCUT2D eigenvalue weighted by molar-refractivity contribution is 0.0949. The van der Waals surface area contributed by atoms with E-state index in [9.17, 15) is 9.18 Å². The summed E-state index contributed by atoms with van der Waals surface area (Å²) in [7, 11) is 0. The lowest BCUT2D eigenvalue weighted by Gasteiger charge is -2.02. The van der Waals surface area contributed by atoms with Gasteiger partial charge < -0.3 is 14.7 Å². The number of aryl methyl sites for hydroxylation is 1. The predicted octanol–water partition coefficient (Wildman–Crippen LogP) is 3.26. The number of aromatic amines is 1. The van der Waals surface area contributed by atoms with Crippen molar-refractivity contribution in [3.05, 3.63) is 59.9 Å². The van der Waals surface area contributed by atoms with E-state index in [1.165, 1.54) is 6.07 Å². The van der Waals surface area contributed by atoms with Crippen molar-refractivity contribution in [3.63, 3.8) is 0 Å². The average Bonchev–Trinajstić information content (AvgIpc) is 3.13. The number of rotatable bonds is 5. The highest BCUT2D eigenvalue weighted by molar-refractivity contribution is 5.98. The molecule has 108 valence electrons. The summed E-state index contributed by atoms with van der Waals surface area (Å²) in [6.45, 7) is 0.539. The van der Waals surface area contributed by atoms with Gasteiger partial charge in [0.05, 0.1) is 11.8 Å². The number of halogens is 1. The van der Waals surface area contributed by atoms with Crippen molar-refractivity contribution in [3.8, 4) is 0 Å². The number of furan rings is 1. The first kappa shape index (κ1) is 13.4. The van der Waals surface area contributed by atoms with Crippen molar-refractivity contribution in [2.75, 3.05) is 6.54 Å². The zero-order valence-electron chi connectivity index (χ0n) is 11.4. The molecule has 2 aromatic heterocycles. The number of fused-ring (bicyclic) bond motifs is 1. The van der Waals surface area contributed by atoms with E-state index < -0.39 is 0 Å². The molecule has 0 saturated carbocycles. The summed E-state index contributed by atoms with van der Waals surface area (Å²) in [5, 5.41) is 3.50. The maximum atomic E-state index is 13.6. The molecule has 2 heterocycles. The summed E-state index contributed by atoms with van der Waals surface area (Å²) < 4.78 is 18.8. The van der Waals surface area contributed by atoms with Gasteiger partial charge in [0.25, 0.3) is 5.91 Å². The van der Waals surface area contributed by atoms with Crippen LogP contribution in [-0.4, -0.2) is 17.4 Å². The molecule has 2 N–H and O–H groups in total. The summed E-state index contributed by atoms with van der Waals surface area (Å²) in [6, 6.07) is 10.2. The smallest absolute Gasteiger partial charge is 0.267 e. The zero-order valence-corrected chi connectivity index (χ0v) is 11.4. The Kier molecular flexibility index (Phi) is 3.73. The van der Waals surface area contributed by atoms with E-state index in [1.807, 2.05) is 12.1 Å². The summed E-state index contributed by atoms with van der Waals surface area (Å²) in [4.78, 5) is 14.8. The van der Waals surface area contributed by atoms with Gasteiger partial charge in [-0.05, 0) is 30.7 Å². The number of amides is 1. The molecule has 0 aliphatic heterocycles. The third-order valence-corrected chi connectivity index (χ3v) is 3.32. The number of para-hydroxylation sites is 1. The van der Waals surface area contributed by atoms with Crippen molar-refractivity contribution in [2.24, 2.45) is 0 Å². The summed E-state index contributed by atoms with van der Waals surface area (Å²) >= 11 is 0. The Morgan fingerprint density at radius 3 is 2.95 bits per heavy atom. The van der Waals surface area contributed by atoms with Crippen LogP contribution in [-0.2, 0) is 6.42 Å². The lowest BCUT2D eigenvalue weighted by Crippen LogP contribution is -2.25. The number of H-pyrrole nitrogens is 1. The monoisotopic (exact) mass is 286 g/mol. The quantitative estimate of drug-likeness (QED) is 0.707. The third kappa shape index (κ3) is 2.97. The lowest BCUT2D eigenvalue weighted by atomic mass is 10.2. The first-order valence-electron chi connectivity index (χ1n) is 6.82. The molecule has 0 bridgehead atoms. The number of carbonyl (C=O) groups excluding carboxylic acids is 1. The van der Waals surface area contributed by atoms with Crippen molar-refractivity contribution < 1.29 is 13.6 Å². The second-order valence-electron chi connectivity index (χ2n) is 4.83. The fraction of sp³-hybridized carbons (Fsp3) is 0.188. The molecule has 0 unspecified atom stereocenters. The van der Waals surface area contributed by atoms with Gasteiger partial charge in [0, 0.05) is 18.4 Å². The number of benzene rings is 1. The van der Waals surface area contributed by atoms with E-state index in [0.717, 1.165) is 18.6 Å². The Hall–Kier alpha value is -2.56. The predicted molar refractivity (Wildman–Crippen MR) is 77.6 cm³/mol. The molecular weight excluding hydrogens is 271 g/mol. The molecule has 3 aromatic rings. The van der Waals surface area contributed by atoms with Crippen LogP contribution in [0, 0.1) is 5.82 Å². The minimum atomic E-state index is -0.357. The van der Waals surface area contributed by atoms with Gasteiger partial charge >= 0.3 is 0 Å².